The molecule has 122 valence electrons. The molecule has 0 spiro atoms. The Labute approximate surface area is 133 Å². The first-order valence-corrected chi connectivity index (χ1v) is 7.60. The number of halogens is 3. The molecule has 0 saturated heterocycles. The molecule has 3 N–H and O–H groups in total. The molecule has 1 aliphatic carbocycles. The van der Waals surface area contributed by atoms with Gasteiger partial charge in [-0.2, -0.15) is 8.78 Å². The molecule has 0 radical (unpaired) electrons. The molecule has 0 bridgehead atoms. The van der Waals surface area contributed by atoms with Crippen LogP contribution >= 0.6 is 11.6 Å². The first kappa shape index (κ1) is 17.0. The van der Waals surface area contributed by atoms with E-state index in [4.69, 9.17) is 17.3 Å². The molecule has 0 aromatic heterocycles. The number of alkyl halides is 2. The average Bonchev–Trinajstić information content (AvgIpc) is 2.95. The smallest absolute Gasteiger partial charge is 0.387 e. The molecule has 0 unspecified atom stereocenters. The summed E-state index contributed by atoms with van der Waals surface area (Å²) in [6.45, 7) is -2.35. The summed E-state index contributed by atoms with van der Waals surface area (Å²) in [5, 5.41) is 3.16. The molecule has 2 rings (SSSR count). The van der Waals surface area contributed by atoms with Crippen LogP contribution in [-0.2, 0) is 11.3 Å². The van der Waals surface area contributed by atoms with Gasteiger partial charge in [0.25, 0.3) is 0 Å². The van der Waals surface area contributed by atoms with Crippen LogP contribution in [0.25, 0.3) is 0 Å². The maximum Gasteiger partial charge on any atom is 0.387 e. The summed E-state index contributed by atoms with van der Waals surface area (Å²) in [5.41, 5.74) is 6.09. The number of hydrogen-bond donors (Lipinski definition) is 2. The summed E-state index contributed by atoms with van der Waals surface area (Å²) < 4.78 is 29.2. The summed E-state index contributed by atoms with van der Waals surface area (Å²) in [6, 6.07) is 4.34. The maximum absolute atomic E-state index is 12.4. The number of rotatable bonds is 6. The minimum Gasteiger partial charge on any atom is -0.434 e. The number of carbonyl (C=O) groups excluding carboxylic acids is 1. The third kappa shape index (κ3) is 4.30. The minimum absolute atomic E-state index is 0.0153. The fourth-order valence-corrected chi connectivity index (χ4v) is 3.07. The van der Waals surface area contributed by atoms with Gasteiger partial charge in [0.1, 0.15) is 5.75 Å². The molecule has 7 heteroatoms. The Hall–Kier alpha value is -1.40. The fourth-order valence-electron chi connectivity index (χ4n) is 2.87. The van der Waals surface area contributed by atoms with Gasteiger partial charge in [0.05, 0.1) is 0 Å². The van der Waals surface area contributed by atoms with Crippen LogP contribution in [0.4, 0.5) is 8.78 Å². The van der Waals surface area contributed by atoms with Crippen molar-refractivity contribution in [1.82, 2.24) is 5.32 Å². The normalized spacial score (nSPS) is 21.1. The van der Waals surface area contributed by atoms with Crippen LogP contribution in [0.1, 0.15) is 24.8 Å². The number of benzene rings is 1. The van der Waals surface area contributed by atoms with E-state index in [9.17, 15) is 13.6 Å². The first-order chi connectivity index (χ1) is 10.5. The van der Waals surface area contributed by atoms with Crippen LogP contribution in [0.15, 0.2) is 18.2 Å². The molecule has 0 heterocycles. The van der Waals surface area contributed by atoms with Crippen molar-refractivity contribution in [3.8, 4) is 5.75 Å². The molecular formula is C15H19ClF2N2O2. The lowest BCUT2D eigenvalue weighted by Crippen LogP contribution is -2.34. The van der Waals surface area contributed by atoms with Crippen LogP contribution < -0.4 is 15.8 Å². The van der Waals surface area contributed by atoms with Crippen LogP contribution in [0.3, 0.4) is 0 Å². The fraction of sp³-hybridized carbons (Fsp3) is 0.533. The average molecular weight is 333 g/mol. The van der Waals surface area contributed by atoms with E-state index >= 15 is 0 Å². The zero-order valence-corrected chi connectivity index (χ0v) is 12.8. The van der Waals surface area contributed by atoms with Crippen molar-refractivity contribution in [3.63, 3.8) is 0 Å². The highest BCUT2D eigenvalue weighted by Gasteiger charge is 2.31. The Morgan fingerprint density at radius 3 is 2.91 bits per heavy atom. The van der Waals surface area contributed by atoms with Crippen molar-refractivity contribution in [3.05, 3.63) is 28.8 Å². The molecule has 1 aromatic carbocycles. The third-order valence-electron chi connectivity index (χ3n) is 3.99. The lowest BCUT2D eigenvalue weighted by Gasteiger charge is -2.18. The van der Waals surface area contributed by atoms with E-state index in [1.807, 2.05) is 0 Å². The number of ether oxygens (including phenoxy) is 1. The third-order valence-corrected chi connectivity index (χ3v) is 4.23. The van der Waals surface area contributed by atoms with Crippen molar-refractivity contribution in [2.75, 3.05) is 6.54 Å². The van der Waals surface area contributed by atoms with Crippen LogP contribution in [0.2, 0.25) is 5.02 Å². The van der Waals surface area contributed by atoms with Crippen molar-refractivity contribution in [2.24, 2.45) is 17.6 Å². The topological polar surface area (TPSA) is 64.4 Å². The quantitative estimate of drug-likeness (QED) is 0.842. The number of nitrogens with one attached hydrogen (secondary N) is 1. The Balaban J connectivity index is 2.01. The molecule has 1 saturated carbocycles. The summed E-state index contributed by atoms with van der Waals surface area (Å²) in [4.78, 5) is 12.2. The van der Waals surface area contributed by atoms with Crippen LogP contribution in [-0.4, -0.2) is 19.1 Å². The molecule has 0 aliphatic heterocycles. The minimum atomic E-state index is -2.92. The Bertz CT molecular complexity index is 528. The summed E-state index contributed by atoms with van der Waals surface area (Å²) in [7, 11) is 0. The second-order valence-corrected chi connectivity index (χ2v) is 5.82. The zero-order valence-electron chi connectivity index (χ0n) is 12.0. The van der Waals surface area contributed by atoms with Gasteiger partial charge in [0, 0.05) is 23.0 Å². The second kappa shape index (κ2) is 7.74. The van der Waals surface area contributed by atoms with Crippen LogP contribution in [0, 0.1) is 11.8 Å². The molecule has 1 amide bonds. The highest BCUT2D eigenvalue weighted by molar-refractivity contribution is 6.30. The summed E-state index contributed by atoms with van der Waals surface area (Å²) >= 11 is 5.87. The molecular weight excluding hydrogens is 314 g/mol. The lowest BCUT2D eigenvalue weighted by atomic mass is 9.95. The number of nitrogens with two attached hydrogens (primary N) is 1. The Morgan fingerprint density at radius 2 is 2.23 bits per heavy atom. The van der Waals surface area contributed by atoms with Crippen molar-refractivity contribution < 1.29 is 18.3 Å². The van der Waals surface area contributed by atoms with E-state index in [1.165, 1.54) is 18.2 Å². The lowest BCUT2D eigenvalue weighted by molar-refractivity contribution is -0.126. The number of hydrogen-bond acceptors (Lipinski definition) is 3. The molecule has 1 fully saturated rings. The standard InChI is InChI=1S/C15H19ClF2N2O2/c16-11-4-5-13(22-15(17)18)10(6-11)8-20-14(21)12-3-1-2-9(12)7-19/h4-6,9,12,15H,1-3,7-8,19H2,(H,20,21)/t9-,12-/m1/s1. The monoisotopic (exact) mass is 332 g/mol. The second-order valence-electron chi connectivity index (χ2n) is 5.38. The van der Waals surface area contributed by atoms with Gasteiger partial charge in [-0.15, -0.1) is 0 Å². The van der Waals surface area contributed by atoms with E-state index in [0.717, 1.165) is 19.3 Å². The van der Waals surface area contributed by atoms with Gasteiger partial charge in [0.15, 0.2) is 0 Å². The molecule has 2 atom stereocenters. The Kier molecular flexibility index (Phi) is 5.97. The van der Waals surface area contributed by atoms with Gasteiger partial charge in [-0.1, -0.05) is 18.0 Å². The highest BCUT2D eigenvalue weighted by Crippen LogP contribution is 2.31. The van der Waals surface area contributed by atoms with E-state index in [1.54, 1.807) is 0 Å². The van der Waals surface area contributed by atoms with Gasteiger partial charge < -0.3 is 15.8 Å². The molecule has 1 aromatic rings. The van der Waals surface area contributed by atoms with Gasteiger partial charge in [-0.25, -0.2) is 0 Å². The predicted octanol–water partition coefficient (Wildman–Crippen LogP) is 2.93. The highest BCUT2D eigenvalue weighted by atomic mass is 35.5. The van der Waals surface area contributed by atoms with E-state index in [-0.39, 0.29) is 30.0 Å². The van der Waals surface area contributed by atoms with E-state index in [0.29, 0.717) is 17.1 Å². The summed E-state index contributed by atoms with van der Waals surface area (Å²) in [5.74, 6) is -0.00258. The van der Waals surface area contributed by atoms with Gasteiger partial charge in [-0.05, 0) is 43.5 Å². The Morgan fingerprint density at radius 1 is 1.45 bits per heavy atom. The van der Waals surface area contributed by atoms with Gasteiger partial charge in [-0.3, -0.25) is 4.79 Å². The van der Waals surface area contributed by atoms with Crippen molar-refractivity contribution in [2.45, 2.75) is 32.4 Å². The van der Waals surface area contributed by atoms with Gasteiger partial charge >= 0.3 is 6.61 Å². The van der Waals surface area contributed by atoms with Crippen molar-refractivity contribution >= 4 is 17.5 Å². The largest absolute Gasteiger partial charge is 0.434 e. The molecule has 4 nitrogen and oxygen atoms in total. The zero-order chi connectivity index (χ0) is 16.1. The molecule has 22 heavy (non-hydrogen) atoms. The number of amides is 1. The number of carbonyl (C=O) groups is 1. The van der Waals surface area contributed by atoms with Crippen LogP contribution in [0.5, 0.6) is 5.75 Å². The van der Waals surface area contributed by atoms with Crippen molar-refractivity contribution in [1.29, 1.82) is 0 Å². The molecule has 1 aliphatic rings. The van der Waals surface area contributed by atoms with Gasteiger partial charge in [0.2, 0.25) is 5.91 Å². The predicted molar refractivity (Wildman–Crippen MR) is 79.8 cm³/mol. The summed E-state index contributed by atoms with van der Waals surface area (Å²) in [6.07, 6.45) is 2.74. The maximum atomic E-state index is 12.4. The van der Waals surface area contributed by atoms with E-state index < -0.39 is 6.61 Å². The first-order valence-electron chi connectivity index (χ1n) is 7.22. The SMILES string of the molecule is NC[C@H]1CCC[C@H]1C(=O)NCc1cc(Cl)ccc1OC(F)F. The van der Waals surface area contributed by atoms with E-state index in [2.05, 4.69) is 10.1 Å².